The molecule has 0 aliphatic heterocycles. The maximum Gasteiger partial charge on any atom is 0.147 e. The first-order valence-corrected chi connectivity index (χ1v) is 7.57. The number of hydrogen-bond donors (Lipinski definition) is 1. The SMILES string of the molecule is CCCNc1cncc(Oc2cc(C(C)C)ccc2C)c1. The lowest BCUT2D eigenvalue weighted by Gasteiger charge is -2.13. The van der Waals surface area contributed by atoms with Gasteiger partial charge in [0.15, 0.2) is 0 Å². The summed E-state index contributed by atoms with van der Waals surface area (Å²) in [5, 5.41) is 3.32. The summed E-state index contributed by atoms with van der Waals surface area (Å²) in [6, 6.07) is 8.37. The van der Waals surface area contributed by atoms with Gasteiger partial charge in [-0.15, -0.1) is 0 Å². The molecule has 0 spiro atoms. The van der Waals surface area contributed by atoms with Crippen LogP contribution in [0.4, 0.5) is 5.69 Å². The molecule has 0 aliphatic rings. The van der Waals surface area contributed by atoms with E-state index in [2.05, 4.69) is 56.2 Å². The van der Waals surface area contributed by atoms with Crippen molar-refractivity contribution in [1.29, 1.82) is 0 Å². The van der Waals surface area contributed by atoms with Gasteiger partial charge in [-0.2, -0.15) is 0 Å². The van der Waals surface area contributed by atoms with Crippen LogP contribution < -0.4 is 10.1 Å². The number of anilines is 1. The van der Waals surface area contributed by atoms with Crippen LogP contribution in [0.5, 0.6) is 11.5 Å². The molecule has 3 nitrogen and oxygen atoms in total. The van der Waals surface area contributed by atoms with Crippen molar-refractivity contribution in [2.75, 3.05) is 11.9 Å². The number of benzene rings is 1. The summed E-state index contributed by atoms with van der Waals surface area (Å²) in [5.74, 6) is 2.15. The third-order valence-corrected chi connectivity index (χ3v) is 3.40. The summed E-state index contributed by atoms with van der Waals surface area (Å²) < 4.78 is 6.02. The van der Waals surface area contributed by atoms with E-state index in [1.54, 1.807) is 6.20 Å². The van der Waals surface area contributed by atoms with Crippen molar-refractivity contribution < 1.29 is 4.74 Å². The highest BCUT2D eigenvalue weighted by molar-refractivity contribution is 5.47. The van der Waals surface area contributed by atoms with Crippen molar-refractivity contribution in [2.24, 2.45) is 0 Å². The largest absolute Gasteiger partial charge is 0.455 e. The zero-order chi connectivity index (χ0) is 15.2. The Morgan fingerprint density at radius 2 is 2.00 bits per heavy atom. The maximum atomic E-state index is 6.02. The molecule has 21 heavy (non-hydrogen) atoms. The Labute approximate surface area is 127 Å². The van der Waals surface area contributed by atoms with Gasteiger partial charge in [-0.1, -0.05) is 32.9 Å². The number of pyridine rings is 1. The van der Waals surface area contributed by atoms with Crippen LogP contribution in [0.2, 0.25) is 0 Å². The Morgan fingerprint density at radius 1 is 1.19 bits per heavy atom. The molecule has 0 atom stereocenters. The number of rotatable bonds is 6. The fourth-order valence-corrected chi connectivity index (χ4v) is 2.05. The van der Waals surface area contributed by atoms with Crippen molar-refractivity contribution >= 4 is 5.69 Å². The molecule has 2 rings (SSSR count). The molecular formula is C18H24N2O. The summed E-state index contributed by atoms with van der Waals surface area (Å²) in [6.07, 6.45) is 4.65. The Balaban J connectivity index is 2.19. The quantitative estimate of drug-likeness (QED) is 0.798. The van der Waals surface area contributed by atoms with Crippen LogP contribution >= 0.6 is 0 Å². The van der Waals surface area contributed by atoms with Crippen LogP contribution in [-0.2, 0) is 0 Å². The van der Waals surface area contributed by atoms with Gasteiger partial charge in [-0.25, -0.2) is 0 Å². The van der Waals surface area contributed by atoms with Gasteiger partial charge in [-0.05, 0) is 36.5 Å². The van der Waals surface area contributed by atoms with Gasteiger partial charge in [0.2, 0.25) is 0 Å². The number of aryl methyl sites for hydroxylation is 1. The summed E-state index contributed by atoms with van der Waals surface area (Å²) in [7, 11) is 0. The molecule has 0 bridgehead atoms. The molecule has 1 aromatic carbocycles. The molecule has 3 heteroatoms. The fraction of sp³-hybridized carbons (Fsp3) is 0.389. The lowest BCUT2D eigenvalue weighted by atomic mass is 10.0. The molecule has 0 amide bonds. The Morgan fingerprint density at radius 3 is 2.71 bits per heavy atom. The predicted molar refractivity (Wildman–Crippen MR) is 88.4 cm³/mol. The van der Waals surface area contributed by atoms with Crippen LogP contribution in [-0.4, -0.2) is 11.5 Å². The molecule has 1 N–H and O–H groups in total. The van der Waals surface area contributed by atoms with Gasteiger partial charge in [0.25, 0.3) is 0 Å². The van der Waals surface area contributed by atoms with E-state index in [1.165, 1.54) is 5.56 Å². The van der Waals surface area contributed by atoms with Crippen LogP contribution in [0.15, 0.2) is 36.7 Å². The highest BCUT2D eigenvalue weighted by Crippen LogP contribution is 2.29. The summed E-state index contributed by atoms with van der Waals surface area (Å²) in [6.45, 7) is 9.51. The van der Waals surface area contributed by atoms with Gasteiger partial charge in [-0.3, -0.25) is 4.98 Å². The van der Waals surface area contributed by atoms with Crippen LogP contribution in [0, 0.1) is 6.92 Å². The van der Waals surface area contributed by atoms with E-state index in [1.807, 2.05) is 12.3 Å². The average molecular weight is 284 g/mol. The third-order valence-electron chi connectivity index (χ3n) is 3.40. The zero-order valence-electron chi connectivity index (χ0n) is 13.3. The van der Waals surface area contributed by atoms with E-state index in [0.717, 1.165) is 35.7 Å². The van der Waals surface area contributed by atoms with E-state index in [4.69, 9.17) is 4.74 Å². The van der Waals surface area contributed by atoms with E-state index >= 15 is 0 Å². The molecule has 0 aliphatic carbocycles. The van der Waals surface area contributed by atoms with Crippen LogP contribution in [0.1, 0.15) is 44.2 Å². The lowest BCUT2D eigenvalue weighted by Crippen LogP contribution is -2.00. The molecule has 112 valence electrons. The molecule has 0 unspecified atom stereocenters. The first kappa shape index (κ1) is 15.4. The number of nitrogens with zero attached hydrogens (tertiary/aromatic N) is 1. The third kappa shape index (κ3) is 4.22. The fourth-order valence-electron chi connectivity index (χ4n) is 2.05. The van der Waals surface area contributed by atoms with Crippen molar-refractivity contribution in [3.63, 3.8) is 0 Å². The molecular weight excluding hydrogens is 260 g/mol. The number of aromatic nitrogens is 1. The minimum atomic E-state index is 0.489. The minimum Gasteiger partial charge on any atom is -0.455 e. The molecule has 2 aromatic rings. The van der Waals surface area contributed by atoms with Gasteiger partial charge < -0.3 is 10.1 Å². The number of ether oxygens (including phenoxy) is 1. The smallest absolute Gasteiger partial charge is 0.147 e. The Kier molecular flexibility index (Phi) is 5.20. The molecule has 0 fully saturated rings. The molecule has 1 heterocycles. The Bertz CT molecular complexity index is 594. The second-order valence-electron chi connectivity index (χ2n) is 5.62. The van der Waals surface area contributed by atoms with Crippen molar-refractivity contribution in [3.8, 4) is 11.5 Å². The number of hydrogen-bond acceptors (Lipinski definition) is 3. The van der Waals surface area contributed by atoms with E-state index in [0.29, 0.717) is 5.92 Å². The predicted octanol–water partition coefficient (Wildman–Crippen LogP) is 5.13. The van der Waals surface area contributed by atoms with Gasteiger partial charge in [0.05, 0.1) is 18.1 Å². The molecule has 0 saturated carbocycles. The normalized spacial score (nSPS) is 10.7. The Hall–Kier alpha value is -2.03. The van der Waals surface area contributed by atoms with Gasteiger partial charge in [0.1, 0.15) is 11.5 Å². The second-order valence-corrected chi connectivity index (χ2v) is 5.62. The van der Waals surface area contributed by atoms with E-state index in [9.17, 15) is 0 Å². The zero-order valence-corrected chi connectivity index (χ0v) is 13.3. The first-order chi connectivity index (χ1) is 10.1. The molecule has 1 aromatic heterocycles. The van der Waals surface area contributed by atoms with E-state index < -0.39 is 0 Å². The number of nitrogens with one attached hydrogen (secondary N) is 1. The lowest BCUT2D eigenvalue weighted by molar-refractivity contribution is 0.475. The first-order valence-electron chi connectivity index (χ1n) is 7.57. The second kappa shape index (κ2) is 7.11. The van der Waals surface area contributed by atoms with E-state index in [-0.39, 0.29) is 0 Å². The highest BCUT2D eigenvalue weighted by Gasteiger charge is 2.06. The van der Waals surface area contributed by atoms with Crippen molar-refractivity contribution in [2.45, 2.75) is 40.0 Å². The van der Waals surface area contributed by atoms with Gasteiger partial charge >= 0.3 is 0 Å². The monoisotopic (exact) mass is 284 g/mol. The summed E-state index contributed by atoms with van der Waals surface area (Å²) in [5.41, 5.74) is 3.40. The highest BCUT2D eigenvalue weighted by atomic mass is 16.5. The molecule has 0 saturated heterocycles. The standard InChI is InChI=1S/C18H24N2O/c1-5-8-20-16-10-17(12-19-11-16)21-18-9-15(13(2)3)7-6-14(18)4/h6-7,9-13,20H,5,8H2,1-4H3. The molecule has 0 radical (unpaired) electrons. The van der Waals surface area contributed by atoms with Gasteiger partial charge in [0, 0.05) is 12.6 Å². The average Bonchev–Trinajstić information content (AvgIpc) is 2.47. The maximum absolute atomic E-state index is 6.02. The summed E-state index contributed by atoms with van der Waals surface area (Å²) >= 11 is 0. The van der Waals surface area contributed by atoms with Crippen LogP contribution in [0.3, 0.4) is 0 Å². The van der Waals surface area contributed by atoms with Crippen LogP contribution in [0.25, 0.3) is 0 Å². The van der Waals surface area contributed by atoms with Crippen molar-refractivity contribution in [3.05, 3.63) is 47.8 Å². The topological polar surface area (TPSA) is 34.2 Å². The van der Waals surface area contributed by atoms with Crippen molar-refractivity contribution in [1.82, 2.24) is 4.98 Å². The minimum absolute atomic E-state index is 0.489. The summed E-state index contributed by atoms with van der Waals surface area (Å²) in [4.78, 5) is 4.23.